The molecule has 4 rings (SSSR count). The number of hydrogen-bond donors (Lipinski definition) is 2. The van der Waals surface area contributed by atoms with Crippen LogP contribution in [0.3, 0.4) is 0 Å². The number of thiocarbonyl (C=S) groups is 1. The van der Waals surface area contributed by atoms with E-state index in [0.717, 1.165) is 18.2 Å². The van der Waals surface area contributed by atoms with Crippen molar-refractivity contribution in [1.29, 1.82) is 0 Å². The van der Waals surface area contributed by atoms with Crippen LogP contribution >= 0.6 is 12.2 Å². The second kappa shape index (κ2) is 9.53. The Balaban J connectivity index is 1.44. The zero-order chi connectivity index (χ0) is 23.5. The number of carboxylic acid groups (broad SMARTS) is 1. The quantitative estimate of drug-likeness (QED) is 0.547. The topological polar surface area (TPSA) is 104 Å². The predicted octanol–water partition coefficient (Wildman–Crippen LogP) is 2.01. The molecule has 1 aliphatic heterocycles. The van der Waals surface area contributed by atoms with E-state index < -0.39 is 11.4 Å². The summed E-state index contributed by atoms with van der Waals surface area (Å²) in [6.45, 7) is 7.92. The number of hydrogen-bond acceptors (Lipinski definition) is 6. The van der Waals surface area contributed by atoms with Crippen LogP contribution in [0.5, 0.6) is 0 Å². The maximum absolute atomic E-state index is 12.5. The van der Waals surface area contributed by atoms with Crippen LogP contribution in [-0.2, 0) is 13.1 Å². The minimum atomic E-state index is -1.25. The molecule has 10 heteroatoms. The fourth-order valence-corrected chi connectivity index (χ4v) is 4.19. The molecule has 1 fully saturated rings. The zero-order valence-corrected chi connectivity index (χ0v) is 19.4. The maximum Gasteiger partial charge on any atom is 0.341 e. The average molecular weight is 467 g/mol. The molecule has 1 aliphatic rings. The van der Waals surface area contributed by atoms with Gasteiger partial charge in [0, 0.05) is 51.7 Å². The van der Waals surface area contributed by atoms with Crippen LogP contribution in [0.2, 0.25) is 0 Å². The van der Waals surface area contributed by atoms with E-state index in [1.807, 2.05) is 13.0 Å². The number of nitrogens with one attached hydrogen (secondary N) is 1. The lowest BCUT2D eigenvalue weighted by molar-refractivity contribution is 0.0695. The molecule has 0 amide bonds. The molecule has 2 N–H and O–H groups in total. The second-order valence-corrected chi connectivity index (χ2v) is 8.38. The standard InChI is InChI=1S/C23H26N6O3S/c1-3-27-14-18(21(31)32)19(30)17-13-24-22(26-20(17)27)28-7-9-29(10-8-28)23(33)25-12-16-6-4-5-15(2)11-16/h4-6,11,13-14H,3,7-10,12H2,1-2H3,(H,25,33)(H,31,32). The Morgan fingerprint density at radius 2 is 2.00 bits per heavy atom. The summed E-state index contributed by atoms with van der Waals surface area (Å²) in [6, 6.07) is 8.33. The van der Waals surface area contributed by atoms with Crippen molar-refractivity contribution in [1.82, 2.24) is 24.8 Å². The molecule has 9 nitrogen and oxygen atoms in total. The van der Waals surface area contributed by atoms with Crippen molar-refractivity contribution in [3.8, 4) is 0 Å². The highest BCUT2D eigenvalue weighted by Crippen LogP contribution is 2.16. The number of rotatable bonds is 5. The van der Waals surface area contributed by atoms with Gasteiger partial charge in [-0.1, -0.05) is 29.8 Å². The fourth-order valence-electron chi connectivity index (χ4n) is 3.93. The van der Waals surface area contributed by atoms with E-state index in [4.69, 9.17) is 12.2 Å². The third-order valence-electron chi connectivity index (χ3n) is 5.75. The first-order valence-electron chi connectivity index (χ1n) is 10.8. The molecule has 1 saturated heterocycles. The lowest BCUT2D eigenvalue weighted by Crippen LogP contribution is -2.52. The van der Waals surface area contributed by atoms with Crippen molar-refractivity contribution in [2.45, 2.75) is 26.9 Å². The molecular weight excluding hydrogens is 440 g/mol. The highest BCUT2D eigenvalue weighted by Gasteiger charge is 2.22. The first kappa shape index (κ1) is 22.7. The van der Waals surface area contributed by atoms with Gasteiger partial charge in [-0.05, 0) is 31.6 Å². The molecule has 33 heavy (non-hydrogen) atoms. The number of piperazine rings is 1. The van der Waals surface area contributed by atoms with Crippen LogP contribution in [0.1, 0.15) is 28.4 Å². The monoisotopic (exact) mass is 466 g/mol. The predicted molar refractivity (Wildman–Crippen MR) is 131 cm³/mol. The average Bonchev–Trinajstić information content (AvgIpc) is 2.82. The van der Waals surface area contributed by atoms with Gasteiger partial charge < -0.3 is 24.8 Å². The molecule has 172 valence electrons. The molecule has 0 bridgehead atoms. The molecule has 2 aromatic heterocycles. The van der Waals surface area contributed by atoms with Crippen LogP contribution in [0, 0.1) is 6.92 Å². The third kappa shape index (κ3) is 4.80. The van der Waals surface area contributed by atoms with Gasteiger partial charge in [-0.15, -0.1) is 0 Å². The van der Waals surface area contributed by atoms with Gasteiger partial charge in [-0.25, -0.2) is 9.78 Å². The maximum atomic E-state index is 12.5. The summed E-state index contributed by atoms with van der Waals surface area (Å²) in [6.07, 6.45) is 2.78. The van der Waals surface area contributed by atoms with Gasteiger partial charge in [0.25, 0.3) is 0 Å². The minimum Gasteiger partial charge on any atom is -0.477 e. The molecule has 0 aliphatic carbocycles. The van der Waals surface area contributed by atoms with Gasteiger partial charge >= 0.3 is 5.97 Å². The molecule has 0 saturated carbocycles. The number of nitrogens with zero attached hydrogens (tertiary/aromatic N) is 5. The van der Waals surface area contributed by atoms with E-state index in [1.165, 1.54) is 23.5 Å². The van der Waals surface area contributed by atoms with Crippen molar-refractivity contribution < 1.29 is 9.90 Å². The van der Waals surface area contributed by atoms with E-state index in [0.29, 0.717) is 37.8 Å². The van der Waals surface area contributed by atoms with Gasteiger partial charge in [0.2, 0.25) is 11.4 Å². The number of anilines is 1. The Labute approximate surface area is 196 Å². The molecule has 1 aromatic carbocycles. The number of pyridine rings is 1. The van der Waals surface area contributed by atoms with Crippen LogP contribution in [-0.4, -0.2) is 61.8 Å². The van der Waals surface area contributed by atoms with E-state index in [2.05, 4.69) is 50.2 Å². The Morgan fingerprint density at radius 3 is 2.67 bits per heavy atom. The highest BCUT2D eigenvalue weighted by atomic mass is 32.1. The Kier molecular flexibility index (Phi) is 6.55. The Morgan fingerprint density at radius 1 is 1.24 bits per heavy atom. The van der Waals surface area contributed by atoms with Crippen LogP contribution in [0.4, 0.5) is 5.95 Å². The molecule has 3 heterocycles. The molecule has 0 atom stereocenters. The summed E-state index contributed by atoms with van der Waals surface area (Å²) in [5.41, 5.74) is 2.00. The molecule has 0 radical (unpaired) electrons. The highest BCUT2D eigenvalue weighted by molar-refractivity contribution is 7.80. The number of carbonyl (C=O) groups is 1. The molecule has 0 spiro atoms. The van der Waals surface area contributed by atoms with Crippen LogP contribution in [0.25, 0.3) is 11.0 Å². The van der Waals surface area contributed by atoms with E-state index in [-0.39, 0.29) is 10.9 Å². The fraction of sp³-hybridized carbons (Fsp3) is 0.348. The zero-order valence-electron chi connectivity index (χ0n) is 18.6. The number of benzene rings is 1. The Hall–Kier alpha value is -3.53. The van der Waals surface area contributed by atoms with Gasteiger partial charge in [-0.2, -0.15) is 4.98 Å². The summed E-state index contributed by atoms with van der Waals surface area (Å²) in [5.74, 6) is -0.735. The summed E-state index contributed by atoms with van der Waals surface area (Å²) < 4.78 is 1.67. The summed E-state index contributed by atoms with van der Waals surface area (Å²) in [5, 5.41) is 13.6. The number of carboxylic acids is 1. The normalized spacial score (nSPS) is 13.9. The largest absolute Gasteiger partial charge is 0.477 e. The van der Waals surface area contributed by atoms with Crippen molar-refractivity contribution in [2.24, 2.45) is 0 Å². The van der Waals surface area contributed by atoms with Crippen LogP contribution in [0.15, 0.2) is 41.5 Å². The second-order valence-electron chi connectivity index (χ2n) is 7.99. The van der Waals surface area contributed by atoms with Crippen LogP contribution < -0.4 is 15.6 Å². The summed E-state index contributed by atoms with van der Waals surface area (Å²) in [4.78, 5) is 37.0. The van der Waals surface area contributed by atoms with E-state index in [9.17, 15) is 14.7 Å². The molecule has 0 unspecified atom stereocenters. The SMILES string of the molecule is CCn1cc(C(=O)O)c(=O)c2cnc(N3CCN(C(=S)NCc4cccc(C)c4)CC3)nc21. The van der Waals surface area contributed by atoms with Crippen molar-refractivity contribution in [2.75, 3.05) is 31.1 Å². The number of aromatic nitrogens is 3. The number of aromatic carboxylic acids is 1. The third-order valence-corrected chi connectivity index (χ3v) is 6.15. The van der Waals surface area contributed by atoms with Crippen molar-refractivity contribution >= 4 is 40.3 Å². The summed E-state index contributed by atoms with van der Waals surface area (Å²) in [7, 11) is 0. The van der Waals surface area contributed by atoms with Gasteiger partial charge in [-0.3, -0.25) is 4.79 Å². The lowest BCUT2D eigenvalue weighted by atomic mass is 10.1. The van der Waals surface area contributed by atoms with Crippen molar-refractivity contribution in [3.63, 3.8) is 0 Å². The van der Waals surface area contributed by atoms with Gasteiger partial charge in [0.05, 0.1) is 5.39 Å². The first-order valence-corrected chi connectivity index (χ1v) is 11.2. The van der Waals surface area contributed by atoms with E-state index in [1.54, 1.807) is 4.57 Å². The molecular formula is C23H26N6O3S. The van der Waals surface area contributed by atoms with Crippen molar-refractivity contribution in [3.05, 3.63) is 63.6 Å². The van der Waals surface area contributed by atoms with Gasteiger partial charge in [0.1, 0.15) is 11.2 Å². The lowest BCUT2D eigenvalue weighted by Gasteiger charge is -2.36. The van der Waals surface area contributed by atoms with E-state index >= 15 is 0 Å². The minimum absolute atomic E-state index is 0.209. The smallest absolute Gasteiger partial charge is 0.341 e. The first-order chi connectivity index (χ1) is 15.9. The summed E-state index contributed by atoms with van der Waals surface area (Å²) >= 11 is 5.58. The number of aryl methyl sites for hydroxylation is 2. The Bertz CT molecular complexity index is 1270. The van der Waals surface area contributed by atoms with Gasteiger partial charge in [0.15, 0.2) is 5.11 Å². The number of fused-ring (bicyclic) bond motifs is 1. The molecule has 3 aromatic rings.